The second-order valence-electron chi connectivity index (χ2n) is 7.61. The molecule has 4 nitrogen and oxygen atoms in total. The lowest BCUT2D eigenvalue weighted by molar-refractivity contribution is 0.0949. The third kappa shape index (κ3) is 4.13. The molecule has 31 heavy (non-hydrogen) atoms. The Morgan fingerprint density at radius 3 is 2.58 bits per heavy atom. The van der Waals surface area contributed by atoms with Crippen LogP contribution in [0.5, 0.6) is 11.5 Å². The Kier molecular flexibility index (Phi) is 5.34. The van der Waals surface area contributed by atoms with Gasteiger partial charge in [0.15, 0.2) is 5.76 Å². The number of ketones is 1. The SMILES string of the molecule is O=C1/C(=C/c2ccc(Br)cc2)Oc2c1ccc1c2CN(CCc2ccc(F)cc2)CO1. The zero-order valence-corrected chi connectivity index (χ0v) is 18.2. The maximum atomic E-state index is 13.1. The van der Waals surface area contributed by atoms with Crippen LogP contribution in [0.3, 0.4) is 0 Å². The Morgan fingerprint density at radius 2 is 1.81 bits per heavy atom. The molecule has 3 aromatic rings. The lowest BCUT2D eigenvalue weighted by atomic mass is 10.0. The van der Waals surface area contributed by atoms with Gasteiger partial charge < -0.3 is 9.47 Å². The maximum Gasteiger partial charge on any atom is 0.231 e. The van der Waals surface area contributed by atoms with Gasteiger partial charge in [-0.05, 0) is 60.0 Å². The molecule has 6 heteroatoms. The van der Waals surface area contributed by atoms with Crippen molar-refractivity contribution in [3.8, 4) is 11.5 Å². The predicted octanol–water partition coefficient (Wildman–Crippen LogP) is 5.60. The van der Waals surface area contributed by atoms with E-state index >= 15 is 0 Å². The van der Waals surface area contributed by atoms with E-state index in [9.17, 15) is 9.18 Å². The molecule has 0 aromatic heterocycles. The molecule has 3 aromatic carbocycles. The van der Waals surface area contributed by atoms with Crippen LogP contribution in [0.25, 0.3) is 6.08 Å². The molecule has 0 aliphatic carbocycles. The number of fused-ring (bicyclic) bond motifs is 3. The van der Waals surface area contributed by atoms with Gasteiger partial charge in [-0.25, -0.2) is 4.39 Å². The van der Waals surface area contributed by atoms with Crippen molar-refractivity contribution in [1.82, 2.24) is 4.90 Å². The van der Waals surface area contributed by atoms with Crippen molar-refractivity contribution in [1.29, 1.82) is 0 Å². The summed E-state index contributed by atoms with van der Waals surface area (Å²) in [5.41, 5.74) is 3.41. The second kappa shape index (κ2) is 8.29. The summed E-state index contributed by atoms with van der Waals surface area (Å²) in [6, 6.07) is 17.9. The Labute approximate surface area is 188 Å². The standard InChI is InChI=1S/C25H19BrFNO3/c26-18-5-1-17(2-6-18)13-23-24(29)20-9-10-22-21(25(20)31-23)14-28(15-30-22)12-11-16-3-7-19(27)8-4-16/h1-10,13H,11-12,14-15H2/b23-13-. The van der Waals surface area contributed by atoms with Gasteiger partial charge in [-0.1, -0.05) is 40.2 Å². The Morgan fingerprint density at radius 1 is 1.03 bits per heavy atom. The molecule has 0 spiro atoms. The highest BCUT2D eigenvalue weighted by Gasteiger charge is 2.33. The first kappa shape index (κ1) is 20.0. The monoisotopic (exact) mass is 479 g/mol. The molecule has 156 valence electrons. The highest BCUT2D eigenvalue weighted by atomic mass is 79.9. The summed E-state index contributed by atoms with van der Waals surface area (Å²) in [5.74, 6) is 1.29. The number of ether oxygens (including phenoxy) is 2. The van der Waals surface area contributed by atoms with Crippen LogP contribution >= 0.6 is 15.9 Å². The summed E-state index contributed by atoms with van der Waals surface area (Å²) >= 11 is 3.42. The minimum absolute atomic E-state index is 0.121. The molecule has 0 atom stereocenters. The number of Topliss-reactive ketones (excluding diaryl/α,β-unsaturated/α-hetero) is 1. The van der Waals surface area contributed by atoms with Crippen LogP contribution in [-0.4, -0.2) is 24.0 Å². The summed E-state index contributed by atoms with van der Waals surface area (Å²) in [5, 5.41) is 0. The van der Waals surface area contributed by atoms with Crippen molar-refractivity contribution in [3.05, 3.63) is 99.0 Å². The lowest BCUT2D eigenvalue weighted by Gasteiger charge is -2.29. The van der Waals surface area contributed by atoms with Gasteiger partial charge in [-0.3, -0.25) is 9.69 Å². The molecule has 0 amide bonds. The molecular formula is C25H19BrFNO3. The van der Waals surface area contributed by atoms with E-state index in [1.807, 2.05) is 30.3 Å². The fraction of sp³-hybridized carbons (Fsp3) is 0.160. The van der Waals surface area contributed by atoms with Crippen LogP contribution in [0, 0.1) is 5.82 Å². The molecule has 0 saturated carbocycles. The van der Waals surface area contributed by atoms with E-state index in [0.717, 1.165) is 39.9 Å². The van der Waals surface area contributed by atoms with Crippen LogP contribution in [0.4, 0.5) is 4.39 Å². The number of halogens is 2. The first-order chi connectivity index (χ1) is 15.1. The van der Waals surface area contributed by atoms with Crippen LogP contribution in [0.15, 0.2) is 70.9 Å². The van der Waals surface area contributed by atoms with E-state index in [1.54, 1.807) is 24.3 Å². The normalized spacial score (nSPS) is 16.6. The average Bonchev–Trinajstić information content (AvgIpc) is 3.10. The molecule has 2 heterocycles. The van der Waals surface area contributed by atoms with E-state index in [2.05, 4.69) is 20.8 Å². The fourth-order valence-electron chi connectivity index (χ4n) is 3.80. The minimum Gasteiger partial charge on any atom is -0.478 e. The van der Waals surface area contributed by atoms with Crippen molar-refractivity contribution in [3.63, 3.8) is 0 Å². The predicted molar refractivity (Wildman–Crippen MR) is 120 cm³/mol. The molecule has 2 aliphatic rings. The minimum atomic E-state index is -0.233. The summed E-state index contributed by atoms with van der Waals surface area (Å²) < 4.78 is 26.0. The number of hydrogen-bond donors (Lipinski definition) is 0. The average molecular weight is 480 g/mol. The summed E-state index contributed by atoms with van der Waals surface area (Å²) in [6.45, 7) is 1.84. The van der Waals surface area contributed by atoms with Crippen molar-refractivity contribution in [2.45, 2.75) is 13.0 Å². The van der Waals surface area contributed by atoms with Crippen LogP contribution < -0.4 is 9.47 Å². The van der Waals surface area contributed by atoms with Gasteiger partial charge in [0.05, 0.1) is 11.1 Å². The quantitative estimate of drug-likeness (QED) is 0.456. The third-order valence-electron chi connectivity index (χ3n) is 5.48. The molecule has 2 aliphatic heterocycles. The number of allylic oxidation sites excluding steroid dienone is 1. The van der Waals surface area contributed by atoms with Crippen molar-refractivity contribution < 1.29 is 18.7 Å². The van der Waals surface area contributed by atoms with Gasteiger partial charge in [0.1, 0.15) is 24.0 Å². The zero-order valence-electron chi connectivity index (χ0n) is 16.6. The van der Waals surface area contributed by atoms with Crippen LogP contribution in [0.1, 0.15) is 27.0 Å². The highest BCUT2D eigenvalue weighted by Crippen LogP contribution is 2.42. The van der Waals surface area contributed by atoms with Gasteiger partial charge in [-0.2, -0.15) is 0 Å². The number of hydrogen-bond acceptors (Lipinski definition) is 4. The van der Waals surface area contributed by atoms with Crippen molar-refractivity contribution >= 4 is 27.8 Å². The summed E-state index contributed by atoms with van der Waals surface area (Å²) in [6.07, 6.45) is 2.54. The molecule has 0 bridgehead atoms. The third-order valence-corrected chi connectivity index (χ3v) is 6.01. The number of benzene rings is 3. The number of nitrogens with zero attached hydrogens (tertiary/aromatic N) is 1. The van der Waals surface area contributed by atoms with Crippen LogP contribution in [-0.2, 0) is 13.0 Å². The molecular weight excluding hydrogens is 461 g/mol. The van der Waals surface area contributed by atoms with Crippen molar-refractivity contribution in [2.75, 3.05) is 13.3 Å². The molecule has 0 radical (unpaired) electrons. The van der Waals surface area contributed by atoms with Gasteiger partial charge in [0.25, 0.3) is 0 Å². The van der Waals surface area contributed by atoms with Gasteiger partial charge in [-0.15, -0.1) is 0 Å². The van der Waals surface area contributed by atoms with E-state index in [-0.39, 0.29) is 11.6 Å². The Balaban J connectivity index is 1.35. The van der Waals surface area contributed by atoms with Gasteiger partial charge in [0.2, 0.25) is 5.78 Å². The van der Waals surface area contributed by atoms with Gasteiger partial charge in [0, 0.05) is 17.6 Å². The van der Waals surface area contributed by atoms with Crippen LogP contribution in [0.2, 0.25) is 0 Å². The number of carbonyl (C=O) groups is 1. The van der Waals surface area contributed by atoms with E-state index < -0.39 is 0 Å². The van der Waals surface area contributed by atoms with E-state index in [1.165, 1.54) is 12.1 Å². The topological polar surface area (TPSA) is 38.8 Å². The zero-order chi connectivity index (χ0) is 21.4. The first-order valence-corrected chi connectivity index (χ1v) is 10.8. The maximum absolute atomic E-state index is 13.1. The smallest absolute Gasteiger partial charge is 0.231 e. The second-order valence-corrected chi connectivity index (χ2v) is 8.53. The lowest BCUT2D eigenvalue weighted by Crippen LogP contribution is -2.33. The Bertz CT molecular complexity index is 1170. The highest BCUT2D eigenvalue weighted by molar-refractivity contribution is 9.10. The fourth-order valence-corrected chi connectivity index (χ4v) is 4.06. The van der Waals surface area contributed by atoms with E-state index in [0.29, 0.717) is 30.3 Å². The first-order valence-electron chi connectivity index (χ1n) is 10.0. The van der Waals surface area contributed by atoms with Gasteiger partial charge >= 0.3 is 0 Å². The van der Waals surface area contributed by atoms with E-state index in [4.69, 9.17) is 9.47 Å². The number of rotatable bonds is 4. The molecule has 0 fully saturated rings. The summed E-state index contributed by atoms with van der Waals surface area (Å²) in [7, 11) is 0. The molecule has 0 saturated heterocycles. The summed E-state index contributed by atoms with van der Waals surface area (Å²) in [4.78, 5) is 15.0. The Hall–Kier alpha value is -2.96. The molecule has 0 unspecified atom stereocenters. The number of carbonyl (C=O) groups excluding carboxylic acids is 1. The molecule has 5 rings (SSSR count). The van der Waals surface area contributed by atoms with Crippen molar-refractivity contribution in [2.24, 2.45) is 0 Å². The molecule has 0 N–H and O–H groups in total. The largest absolute Gasteiger partial charge is 0.478 e.